The summed E-state index contributed by atoms with van der Waals surface area (Å²) in [5, 5.41) is 4.36. The standard InChI is InChI=1S/C12H16ClN/c1-2-9-7-14-8-11(9)10-5-3-4-6-12(10)13/h3-6,9,11,14H,2,7-8H2,1H3/t9-,11-/m1/s1. The van der Waals surface area contributed by atoms with Crippen molar-refractivity contribution in [3.05, 3.63) is 34.9 Å². The topological polar surface area (TPSA) is 12.0 Å². The van der Waals surface area contributed by atoms with Crippen LogP contribution in [0.15, 0.2) is 24.3 Å². The van der Waals surface area contributed by atoms with Crippen LogP contribution in [0.3, 0.4) is 0 Å². The van der Waals surface area contributed by atoms with E-state index in [4.69, 9.17) is 11.6 Å². The van der Waals surface area contributed by atoms with Gasteiger partial charge in [0.05, 0.1) is 0 Å². The third kappa shape index (κ3) is 1.79. The van der Waals surface area contributed by atoms with Crippen molar-refractivity contribution < 1.29 is 0 Å². The molecule has 0 aliphatic carbocycles. The first kappa shape index (κ1) is 10.0. The molecular weight excluding hydrogens is 194 g/mol. The van der Waals surface area contributed by atoms with Crippen molar-refractivity contribution in [3.8, 4) is 0 Å². The van der Waals surface area contributed by atoms with Crippen molar-refractivity contribution in [2.24, 2.45) is 5.92 Å². The van der Waals surface area contributed by atoms with Gasteiger partial charge in [0.1, 0.15) is 0 Å². The van der Waals surface area contributed by atoms with Crippen molar-refractivity contribution in [2.45, 2.75) is 19.3 Å². The molecule has 0 amide bonds. The molecule has 1 aliphatic rings. The maximum atomic E-state index is 6.20. The summed E-state index contributed by atoms with van der Waals surface area (Å²) in [6.45, 7) is 4.45. The van der Waals surface area contributed by atoms with Crippen LogP contribution in [-0.4, -0.2) is 13.1 Å². The van der Waals surface area contributed by atoms with Crippen molar-refractivity contribution in [1.29, 1.82) is 0 Å². The Morgan fingerprint density at radius 2 is 2.14 bits per heavy atom. The van der Waals surface area contributed by atoms with Crippen molar-refractivity contribution in [2.75, 3.05) is 13.1 Å². The molecule has 2 atom stereocenters. The van der Waals surface area contributed by atoms with Crippen LogP contribution < -0.4 is 5.32 Å². The summed E-state index contributed by atoms with van der Waals surface area (Å²) in [6, 6.07) is 8.21. The predicted octanol–water partition coefficient (Wildman–Crippen LogP) is 3.05. The van der Waals surface area contributed by atoms with Gasteiger partial charge in [-0.15, -0.1) is 0 Å². The van der Waals surface area contributed by atoms with Crippen LogP contribution in [0.5, 0.6) is 0 Å². The van der Waals surface area contributed by atoms with Crippen molar-refractivity contribution in [3.63, 3.8) is 0 Å². The minimum atomic E-state index is 0.605. The fraction of sp³-hybridized carbons (Fsp3) is 0.500. The molecule has 2 rings (SSSR count). The molecular formula is C12H16ClN. The van der Waals surface area contributed by atoms with Crippen molar-refractivity contribution >= 4 is 11.6 Å². The van der Waals surface area contributed by atoms with Crippen LogP contribution in [0.1, 0.15) is 24.8 Å². The smallest absolute Gasteiger partial charge is 0.0441 e. The Balaban J connectivity index is 2.26. The summed E-state index contributed by atoms with van der Waals surface area (Å²) in [4.78, 5) is 0. The molecule has 1 aromatic rings. The van der Waals surface area contributed by atoms with E-state index in [0.717, 1.165) is 24.0 Å². The van der Waals surface area contributed by atoms with E-state index in [9.17, 15) is 0 Å². The molecule has 0 aromatic heterocycles. The zero-order valence-corrected chi connectivity index (χ0v) is 9.22. The van der Waals surface area contributed by atoms with Gasteiger partial charge in [-0.2, -0.15) is 0 Å². The quantitative estimate of drug-likeness (QED) is 0.790. The highest BCUT2D eigenvalue weighted by molar-refractivity contribution is 6.31. The first-order valence-electron chi connectivity index (χ1n) is 5.28. The first-order valence-corrected chi connectivity index (χ1v) is 5.66. The average Bonchev–Trinajstić information content (AvgIpc) is 2.66. The second kappa shape index (κ2) is 4.33. The molecule has 1 N–H and O–H groups in total. The number of hydrogen-bond acceptors (Lipinski definition) is 1. The molecule has 1 heterocycles. The third-order valence-electron chi connectivity index (χ3n) is 3.17. The van der Waals surface area contributed by atoms with Crippen LogP contribution in [-0.2, 0) is 0 Å². The molecule has 0 unspecified atom stereocenters. The van der Waals surface area contributed by atoms with Crippen LogP contribution in [0.25, 0.3) is 0 Å². The molecule has 1 saturated heterocycles. The van der Waals surface area contributed by atoms with Gasteiger partial charge in [-0.1, -0.05) is 43.1 Å². The summed E-state index contributed by atoms with van der Waals surface area (Å²) < 4.78 is 0. The highest BCUT2D eigenvalue weighted by Crippen LogP contribution is 2.34. The van der Waals surface area contributed by atoms with Crippen LogP contribution in [0, 0.1) is 5.92 Å². The zero-order chi connectivity index (χ0) is 9.97. The summed E-state index contributed by atoms with van der Waals surface area (Å²) in [5.74, 6) is 1.35. The van der Waals surface area contributed by atoms with Gasteiger partial charge >= 0.3 is 0 Å². The molecule has 0 bridgehead atoms. The van der Waals surface area contributed by atoms with Gasteiger partial charge in [0.25, 0.3) is 0 Å². The van der Waals surface area contributed by atoms with E-state index in [-0.39, 0.29) is 0 Å². The van der Waals surface area contributed by atoms with Crippen LogP contribution in [0.2, 0.25) is 5.02 Å². The Kier molecular flexibility index (Phi) is 3.09. The highest BCUT2D eigenvalue weighted by atomic mass is 35.5. The Morgan fingerprint density at radius 3 is 2.86 bits per heavy atom. The number of benzene rings is 1. The number of halogens is 1. The summed E-state index contributed by atoms with van der Waals surface area (Å²) in [6.07, 6.45) is 1.23. The van der Waals surface area contributed by atoms with E-state index < -0.39 is 0 Å². The zero-order valence-electron chi connectivity index (χ0n) is 8.46. The fourth-order valence-corrected chi connectivity index (χ4v) is 2.58. The van der Waals surface area contributed by atoms with Gasteiger partial charge < -0.3 is 5.32 Å². The lowest BCUT2D eigenvalue weighted by Crippen LogP contribution is -2.09. The lowest BCUT2D eigenvalue weighted by Gasteiger charge is -2.18. The van der Waals surface area contributed by atoms with Gasteiger partial charge in [0.15, 0.2) is 0 Å². The van der Waals surface area contributed by atoms with Crippen molar-refractivity contribution in [1.82, 2.24) is 5.32 Å². The fourth-order valence-electron chi connectivity index (χ4n) is 2.30. The van der Waals surface area contributed by atoms with E-state index in [1.54, 1.807) is 0 Å². The molecule has 1 aliphatic heterocycles. The van der Waals surface area contributed by atoms with E-state index in [1.807, 2.05) is 12.1 Å². The third-order valence-corrected chi connectivity index (χ3v) is 3.51. The van der Waals surface area contributed by atoms with Gasteiger partial charge in [-0.05, 0) is 24.1 Å². The van der Waals surface area contributed by atoms with E-state index in [0.29, 0.717) is 5.92 Å². The molecule has 1 fully saturated rings. The summed E-state index contributed by atoms with van der Waals surface area (Å²) in [7, 11) is 0. The molecule has 0 radical (unpaired) electrons. The minimum absolute atomic E-state index is 0.605. The number of hydrogen-bond donors (Lipinski definition) is 1. The Hall–Kier alpha value is -0.530. The second-order valence-electron chi connectivity index (χ2n) is 3.95. The van der Waals surface area contributed by atoms with E-state index in [2.05, 4.69) is 24.4 Å². The monoisotopic (exact) mass is 209 g/mol. The normalized spacial score (nSPS) is 26.7. The lowest BCUT2D eigenvalue weighted by atomic mass is 9.87. The van der Waals surface area contributed by atoms with Crippen LogP contribution in [0.4, 0.5) is 0 Å². The van der Waals surface area contributed by atoms with Gasteiger partial charge in [-0.3, -0.25) is 0 Å². The molecule has 14 heavy (non-hydrogen) atoms. The Bertz CT molecular complexity index is 311. The van der Waals surface area contributed by atoms with Gasteiger partial charge in [-0.25, -0.2) is 0 Å². The first-order chi connectivity index (χ1) is 6.83. The Labute approximate surface area is 90.5 Å². The highest BCUT2D eigenvalue weighted by Gasteiger charge is 2.27. The average molecular weight is 210 g/mol. The van der Waals surface area contributed by atoms with Gasteiger partial charge in [0.2, 0.25) is 0 Å². The van der Waals surface area contributed by atoms with Crippen LogP contribution >= 0.6 is 11.6 Å². The van der Waals surface area contributed by atoms with E-state index >= 15 is 0 Å². The molecule has 2 heteroatoms. The largest absolute Gasteiger partial charge is 0.316 e. The minimum Gasteiger partial charge on any atom is -0.316 e. The molecule has 0 saturated carbocycles. The predicted molar refractivity (Wildman–Crippen MR) is 60.8 cm³/mol. The molecule has 1 nitrogen and oxygen atoms in total. The lowest BCUT2D eigenvalue weighted by molar-refractivity contribution is 0.503. The molecule has 1 aromatic carbocycles. The maximum Gasteiger partial charge on any atom is 0.0441 e. The van der Waals surface area contributed by atoms with E-state index in [1.165, 1.54) is 12.0 Å². The SMILES string of the molecule is CC[C@@H]1CNC[C@H]1c1ccccc1Cl. The number of rotatable bonds is 2. The molecule has 76 valence electrons. The number of nitrogens with one attached hydrogen (secondary N) is 1. The van der Waals surface area contributed by atoms with Gasteiger partial charge in [0, 0.05) is 17.5 Å². The second-order valence-corrected chi connectivity index (χ2v) is 4.36. The maximum absolute atomic E-state index is 6.20. The Morgan fingerprint density at radius 1 is 1.36 bits per heavy atom. The molecule has 0 spiro atoms. The summed E-state index contributed by atoms with van der Waals surface area (Å²) in [5.41, 5.74) is 1.31. The summed E-state index contributed by atoms with van der Waals surface area (Å²) >= 11 is 6.20.